The van der Waals surface area contributed by atoms with Crippen molar-refractivity contribution in [3.05, 3.63) is 65.5 Å². The third-order valence-electron chi connectivity index (χ3n) is 4.64. The lowest BCUT2D eigenvalue weighted by atomic mass is 9.93. The summed E-state index contributed by atoms with van der Waals surface area (Å²) in [6, 6.07) is 8.91. The lowest BCUT2D eigenvalue weighted by Crippen LogP contribution is -2.41. The molecule has 4 nitrogen and oxygen atoms in total. The minimum Gasteiger partial charge on any atom is -0.373 e. The first-order valence-corrected chi connectivity index (χ1v) is 8.89. The number of nitrogens with one attached hydrogen (secondary N) is 2. The van der Waals surface area contributed by atoms with Crippen LogP contribution in [0.1, 0.15) is 31.2 Å². The first-order valence-electron chi connectivity index (χ1n) is 8.89. The van der Waals surface area contributed by atoms with Gasteiger partial charge in [0.15, 0.2) is 0 Å². The first kappa shape index (κ1) is 19.2. The number of ether oxygens (including phenoxy) is 1. The number of hydrogen-bond acceptors (Lipinski definition) is 2. The quantitative estimate of drug-likeness (QED) is 0.789. The fourth-order valence-corrected chi connectivity index (χ4v) is 3.13. The molecule has 2 N–H and O–H groups in total. The molecule has 0 saturated heterocycles. The number of carbonyl (C=O) groups excluding carboxylic acids is 1. The van der Waals surface area contributed by atoms with Crippen LogP contribution in [0.2, 0.25) is 0 Å². The Bertz CT molecular complexity index is 755. The molecule has 0 radical (unpaired) electrons. The second-order valence-corrected chi connectivity index (χ2v) is 6.59. The van der Waals surface area contributed by atoms with Crippen LogP contribution < -0.4 is 10.6 Å². The topological polar surface area (TPSA) is 50.4 Å². The SMILES string of the molecule is O=C(Nc1ccc(F)cc1)NC1CCC(OCc2c(F)cccc2F)CC1. The second-order valence-electron chi connectivity index (χ2n) is 6.59. The Labute approximate surface area is 155 Å². The molecule has 3 rings (SSSR count). The number of halogens is 3. The molecule has 1 aliphatic rings. The van der Waals surface area contributed by atoms with Crippen LogP contribution >= 0.6 is 0 Å². The summed E-state index contributed by atoms with van der Waals surface area (Å²) < 4.78 is 45.7. The molecule has 2 aromatic carbocycles. The highest BCUT2D eigenvalue weighted by molar-refractivity contribution is 5.89. The van der Waals surface area contributed by atoms with Gasteiger partial charge in [-0.15, -0.1) is 0 Å². The van der Waals surface area contributed by atoms with Gasteiger partial charge in [0.2, 0.25) is 0 Å². The van der Waals surface area contributed by atoms with E-state index in [0.29, 0.717) is 31.4 Å². The van der Waals surface area contributed by atoms with Crippen molar-refractivity contribution in [2.45, 2.75) is 44.4 Å². The van der Waals surface area contributed by atoms with Gasteiger partial charge in [0.25, 0.3) is 0 Å². The van der Waals surface area contributed by atoms with Crippen molar-refractivity contribution in [2.24, 2.45) is 0 Å². The Balaban J connectivity index is 1.41. The van der Waals surface area contributed by atoms with Gasteiger partial charge in [-0.2, -0.15) is 0 Å². The molecule has 27 heavy (non-hydrogen) atoms. The molecule has 0 atom stereocenters. The van der Waals surface area contributed by atoms with Crippen LogP contribution in [0.15, 0.2) is 42.5 Å². The molecule has 0 unspecified atom stereocenters. The van der Waals surface area contributed by atoms with E-state index < -0.39 is 11.6 Å². The zero-order valence-corrected chi connectivity index (χ0v) is 14.7. The van der Waals surface area contributed by atoms with Crippen LogP contribution in [0.3, 0.4) is 0 Å². The molecule has 0 spiro atoms. The van der Waals surface area contributed by atoms with Crippen LogP contribution in [-0.4, -0.2) is 18.2 Å². The van der Waals surface area contributed by atoms with Gasteiger partial charge in [0, 0.05) is 17.3 Å². The van der Waals surface area contributed by atoms with E-state index in [4.69, 9.17) is 4.74 Å². The average molecular weight is 378 g/mol. The number of rotatable bonds is 5. The molecular formula is C20H21F3N2O2. The zero-order chi connectivity index (χ0) is 19.2. The molecule has 0 heterocycles. The maximum Gasteiger partial charge on any atom is 0.319 e. The monoisotopic (exact) mass is 378 g/mol. The lowest BCUT2D eigenvalue weighted by molar-refractivity contribution is 0.00964. The fourth-order valence-electron chi connectivity index (χ4n) is 3.13. The van der Waals surface area contributed by atoms with Gasteiger partial charge in [0.05, 0.1) is 12.7 Å². The summed E-state index contributed by atoms with van der Waals surface area (Å²) >= 11 is 0. The molecule has 2 aromatic rings. The van der Waals surface area contributed by atoms with Crippen LogP contribution in [0.5, 0.6) is 0 Å². The molecule has 1 fully saturated rings. The van der Waals surface area contributed by atoms with Crippen LogP contribution in [0.4, 0.5) is 23.7 Å². The van der Waals surface area contributed by atoms with Gasteiger partial charge < -0.3 is 15.4 Å². The number of hydrogen-bond donors (Lipinski definition) is 2. The Kier molecular flexibility index (Phi) is 6.34. The predicted octanol–water partition coefficient (Wildman–Crippen LogP) is 4.75. The van der Waals surface area contributed by atoms with Crippen LogP contribution in [-0.2, 0) is 11.3 Å². The van der Waals surface area contributed by atoms with E-state index in [1.165, 1.54) is 42.5 Å². The van der Waals surface area contributed by atoms with E-state index in [2.05, 4.69) is 10.6 Å². The van der Waals surface area contributed by atoms with Crippen molar-refractivity contribution in [3.63, 3.8) is 0 Å². The average Bonchev–Trinajstić information content (AvgIpc) is 2.64. The highest BCUT2D eigenvalue weighted by Gasteiger charge is 2.23. The summed E-state index contributed by atoms with van der Waals surface area (Å²) in [5.74, 6) is -1.58. The summed E-state index contributed by atoms with van der Waals surface area (Å²) in [5.41, 5.74) is 0.453. The van der Waals surface area contributed by atoms with E-state index in [1.54, 1.807) is 0 Å². The summed E-state index contributed by atoms with van der Waals surface area (Å²) in [6.45, 7) is -0.105. The summed E-state index contributed by atoms with van der Waals surface area (Å²) in [7, 11) is 0. The van der Waals surface area contributed by atoms with E-state index in [-0.39, 0.29) is 36.2 Å². The van der Waals surface area contributed by atoms with Crippen LogP contribution in [0.25, 0.3) is 0 Å². The number of carbonyl (C=O) groups is 1. The van der Waals surface area contributed by atoms with Crippen molar-refractivity contribution >= 4 is 11.7 Å². The zero-order valence-electron chi connectivity index (χ0n) is 14.7. The summed E-state index contributed by atoms with van der Waals surface area (Å²) in [4.78, 5) is 12.0. The van der Waals surface area contributed by atoms with Crippen molar-refractivity contribution in [1.82, 2.24) is 5.32 Å². The predicted molar refractivity (Wildman–Crippen MR) is 95.7 cm³/mol. The third kappa shape index (κ3) is 5.47. The molecule has 1 saturated carbocycles. The van der Waals surface area contributed by atoms with Crippen molar-refractivity contribution < 1.29 is 22.7 Å². The first-order chi connectivity index (χ1) is 13.0. The number of amides is 2. The Hall–Kier alpha value is -2.54. The van der Waals surface area contributed by atoms with Gasteiger partial charge in [-0.25, -0.2) is 18.0 Å². The number of urea groups is 1. The molecule has 2 amide bonds. The largest absolute Gasteiger partial charge is 0.373 e. The molecular weight excluding hydrogens is 357 g/mol. The molecule has 1 aliphatic carbocycles. The number of anilines is 1. The van der Waals surface area contributed by atoms with Gasteiger partial charge in [-0.3, -0.25) is 0 Å². The van der Waals surface area contributed by atoms with Gasteiger partial charge in [-0.05, 0) is 62.1 Å². The molecule has 0 bridgehead atoms. The van der Waals surface area contributed by atoms with Crippen molar-refractivity contribution in [2.75, 3.05) is 5.32 Å². The van der Waals surface area contributed by atoms with Crippen molar-refractivity contribution in [3.8, 4) is 0 Å². The maximum absolute atomic E-state index is 13.6. The highest BCUT2D eigenvalue weighted by atomic mass is 19.1. The minimum absolute atomic E-state index is 0.00417. The van der Waals surface area contributed by atoms with E-state index in [1.807, 2.05) is 0 Å². The Morgan fingerprint density at radius 1 is 0.963 bits per heavy atom. The molecule has 7 heteroatoms. The third-order valence-corrected chi connectivity index (χ3v) is 4.64. The summed E-state index contributed by atoms with van der Waals surface area (Å²) in [6.07, 6.45) is 2.71. The Morgan fingerprint density at radius 3 is 2.22 bits per heavy atom. The molecule has 0 aliphatic heterocycles. The van der Waals surface area contributed by atoms with E-state index in [0.717, 1.165) is 0 Å². The Morgan fingerprint density at radius 2 is 1.59 bits per heavy atom. The summed E-state index contributed by atoms with van der Waals surface area (Å²) in [5, 5.41) is 5.53. The fraction of sp³-hybridized carbons (Fsp3) is 0.350. The van der Waals surface area contributed by atoms with Crippen molar-refractivity contribution in [1.29, 1.82) is 0 Å². The maximum atomic E-state index is 13.6. The van der Waals surface area contributed by atoms with Crippen LogP contribution in [0, 0.1) is 17.5 Å². The molecule has 144 valence electrons. The van der Waals surface area contributed by atoms with E-state index in [9.17, 15) is 18.0 Å². The second kappa shape index (κ2) is 8.90. The smallest absolute Gasteiger partial charge is 0.319 e. The highest BCUT2D eigenvalue weighted by Crippen LogP contribution is 2.23. The number of benzene rings is 2. The van der Waals surface area contributed by atoms with Gasteiger partial charge in [-0.1, -0.05) is 6.07 Å². The minimum atomic E-state index is -0.609. The molecule has 0 aromatic heterocycles. The van der Waals surface area contributed by atoms with E-state index >= 15 is 0 Å². The van der Waals surface area contributed by atoms with Gasteiger partial charge >= 0.3 is 6.03 Å². The lowest BCUT2D eigenvalue weighted by Gasteiger charge is -2.29. The normalized spacial score (nSPS) is 19.5. The standard InChI is InChI=1S/C20H21F3N2O2/c21-13-4-6-14(7-5-13)24-20(26)25-15-8-10-16(11-9-15)27-12-17-18(22)2-1-3-19(17)23/h1-7,15-16H,8-12H2,(H2,24,25,26). The van der Waals surface area contributed by atoms with Gasteiger partial charge in [0.1, 0.15) is 17.5 Å².